The van der Waals surface area contributed by atoms with E-state index < -0.39 is 0 Å². The molecule has 0 N–H and O–H groups in total. The molecule has 8 heteroatoms. The minimum Gasteiger partial charge on any atom is -0.488 e. The van der Waals surface area contributed by atoms with Gasteiger partial charge in [-0.2, -0.15) is 9.78 Å². The number of aryl methyl sites for hydroxylation is 1. The summed E-state index contributed by atoms with van der Waals surface area (Å²) in [6.45, 7) is 2.31. The lowest BCUT2D eigenvalue weighted by molar-refractivity contribution is 0.304. The van der Waals surface area contributed by atoms with E-state index in [1.54, 1.807) is 12.3 Å². The molecule has 0 bridgehead atoms. The van der Waals surface area contributed by atoms with Gasteiger partial charge < -0.3 is 4.74 Å². The Morgan fingerprint density at radius 2 is 1.94 bits per heavy atom. The predicted octanol–water partition coefficient (Wildman–Crippen LogP) is 6.60. The van der Waals surface area contributed by atoms with Crippen molar-refractivity contribution in [2.24, 2.45) is 5.10 Å². The number of rotatable bonds is 6. The van der Waals surface area contributed by atoms with E-state index in [0.717, 1.165) is 20.1 Å². The molecule has 0 aliphatic rings. The van der Waals surface area contributed by atoms with Crippen LogP contribution < -0.4 is 10.3 Å². The highest BCUT2D eigenvalue weighted by Crippen LogP contribution is 2.27. The van der Waals surface area contributed by atoms with E-state index >= 15 is 0 Å². The molecule has 0 aliphatic heterocycles. The normalized spacial score (nSPS) is 11.4. The minimum atomic E-state index is -0.205. The number of hydrogen-bond acceptors (Lipinski definition) is 4. The SMILES string of the molecule is CCc1nc2ccc(Br)cc2c(=O)n1N=Cc1ccc(OCc2ccccc2Cl)c(Br)c1. The van der Waals surface area contributed by atoms with Gasteiger partial charge in [0.25, 0.3) is 5.56 Å². The van der Waals surface area contributed by atoms with Gasteiger partial charge in [0, 0.05) is 21.5 Å². The fourth-order valence-electron chi connectivity index (χ4n) is 3.15. The maximum Gasteiger partial charge on any atom is 0.282 e. The molecule has 0 spiro atoms. The molecule has 0 unspecified atom stereocenters. The molecule has 0 amide bonds. The Balaban J connectivity index is 1.59. The average molecular weight is 576 g/mol. The van der Waals surface area contributed by atoms with Gasteiger partial charge >= 0.3 is 0 Å². The average Bonchev–Trinajstić information content (AvgIpc) is 2.79. The second-order valence-corrected chi connectivity index (χ2v) is 9.15. The van der Waals surface area contributed by atoms with Gasteiger partial charge in [-0.15, -0.1) is 0 Å². The molecule has 162 valence electrons. The van der Waals surface area contributed by atoms with Gasteiger partial charge in [0.05, 0.1) is 21.6 Å². The third-order valence-corrected chi connectivity index (χ3v) is 6.29. The van der Waals surface area contributed by atoms with Gasteiger partial charge in [-0.1, -0.05) is 52.7 Å². The summed E-state index contributed by atoms with van der Waals surface area (Å²) >= 11 is 13.1. The highest BCUT2D eigenvalue weighted by Gasteiger charge is 2.10. The molecular weight excluding hydrogens is 558 g/mol. The number of nitrogens with zero attached hydrogens (tertiary/aromatic N) is 3. The zero-order valence-electron chi connectivity index (χ0n) is 17.1. The van der Waals surface area contributed by atoms with Crippen LogP contribution in [0.2, 0.25) is 5.02 Å². The molecule has 1 heterocycles. The Bertz CT molecular complexity index is 1390. The van der Waals surface area contributed by atoms with E-state index in [1.807, 2.05) is 61.5 Å². The number of benzene rings is 3. The van der Waals surface area contributed by atoms with Crippen LogP contribution >= 0.6 is 43.5 Å². The Morgan fingerprint density at radius 3 is 2.69 bits per heavy atom. The minimum absolute atomic E-state index is 0.205. The van der Waals surface area contributed by atoms with Crippen LogP contribution in [0.25, 0.3) is 10.9 Å². The zero-order valence-corrected chi connectivity index (χ0v) is 21.0. The van der Waals surface area contributed by atoms with Crippen molar-refractivity contribution >= 4 is 60.6 Å². The number of fused-ring (bicyclic) bond motifs is 1. The number of ether oxygens (including phenoxy) is 1. The molecule has 1 aromatic heterocycles. The zero-order chi connectivity index (χ0) is 22.7. The van der Waals surface area contributed by atoms with Gasteiger partial charge in [0.2, 0.25) is 0 Å². The Morgan fingerprint density at radius 1 is 1.12 bits per heavy atom. The van der Waals surface area contributed by atoms with Crippen molar-refractivity contribution in [3.05, 3.63) is 102 Å². The number of aromatic nitrogens is 2. The van der Waals surface area contributed by atoms with Crippen molar-refractivity contribution in [2.45, 2.75) is 20.0 Å². The molecule has 0 saturated heterocycles. The lowest BCUT2D eigenvalue weighted by atomic mass is 10.2. The van der Waals surface area contributed by atoms with Crippen molar-refractivity contribution in [2.75, 3.05) is 0 Å². The first-order valence-corrected chi connectivity index (χ1v) is 11.8. The summed E-state index contributed by atoms with van der Waals surface area (Å²) in [5.74, 6) is 1.28. The van der Waals surface area contributed by atoms with Crippen LogP contribution in [0.3, 0.4) is 0 Å². The second-order valence-electron chi connectivity index (χ2n) is 6.97. The highest BCUT2D eigenvalue weighted by molar-refractivity contribution is 9.10. The monoisotopic (exact) mass is 573 g/mol. The van der Waals surface area contributed by atoms with E-state index in [9.17, 15) is 4.79 Å². The third-order valence-electron chi connectivity index (χ3n) is 4.81. The second kappa shape index (κ2) is 9.98. The van der Waals surface area contributed by atoms with Gasteiger partial charge in [0.1, 0.15) is 18.2 Å². The first kappa shape index (κ1) is 22.7. The van der Waals surface area contributed by atoms with Crippen LogP contribution in [0.1, 0.15) is 23.9 Å². The quantitative estimate of drug-likeness (QED) is 0.244. The van der Waals surface area contributed by atoms with E-state index in [-0.39, 0.29) is 5.56 Å². The number of halogens is 3. The summed E-state index contributed by atoms with van der Waals surface area (Å²) in [6.07, 6.45) is 2.21. The summed E-state index contributed by atoms with van der Waals surface area (Å²) < 4.78 is 8.84. The van der Waals surface area contributed by atoms with Crippen molar-refractivity contribution in [3.63, 3.8) is 0 Å². The third kappa shape index (κ3) is 4.95. The maximum absolute atomic E-state index is 13.0. The van der Waals surface area contributed by atoms with Crippen LogP contribution in [0.5, 0.6) is 5.75 Å². The standard InChI is InChI=1S/C24H18Br2ClN3O2/c1-2-23-29-21-9-8-17(25)12-18(21)24(31)30(23)28-13-15-7-10-22(19(26)11-15)32-14-16-5-3-4-6-20(16)27/h3-13H,2,14H2,1H3. The first-order chi connectivity index (χ1) is 15.5. The lowest BCUT2D eigenvalue weighted by Gasteiger charge is -2.10. The van der Waals surface area contributed by atoms with E-state index in [0.29, 0.717) is 40.5 Å². The first-order valence-electron chi connectivity index (χ1n) is 9.87. The van der Waals surface area contributed by atoms with Crippen molar-refractivity contribution < 1.29 is 4.74 Å². The topological polar surface area (TPSA) is 56.5 Å². The van der Waals surface area contributed by atoms with Crippen molar-refractivity contribution in [1.29, 1.82) is 0 Å². The van der Waals surface area contributed by atoms with Crippen LogP contribution in [0, 0.1) is 0 Å². The molecule has 4 aromatic rings. The molecule has 32 heavy (non-hydrogen) atoms. The van der Waals surface area contributed by atoms with Gasteiger partial charge in [-0.25, -0.2) is 4.98 Å². The van der Waals surface area contributed by atoms with E-state index in [2.05, 4.69) is 41.9 Å². The van der Waals surface area contributed by atoms with Crippen molar-refractivity contribution in [1.82, 2.24) is 9.66 Å². The molecule has 0 atom stereocenters. The summed E-state index contributed by atoms with van der Waals surface area (Å²) in [5, 5.41) is 5.60. The Labute approximate surface area is 207 Å². The summed E-state index contributed by atoms with van der Waals surface area (Å²) in [7, 11) is 0. The molecule has 3 aromatic carbocycles. The highest BCUT2D eigenvalue weighted by atomic mass is 79.9. The van der Waals surface area contributed by atoms with Gasteiger partial charge in [0.15, 0.2) is 0 Å². The molecule has 0 saturated carbocycles. The number of hydrogen-bond donors (Lipinski definition) is 0. The Kier molecular flexibility index (Phi) is 7.08. The molecule has 5 nitrogen and oxygen atoms in total. The predicted molar refractivity (Wildman–Crippen MR) is 136 cm³/mol. The molecular formula is C24H18Br2ClN3O2. The van der Waals surface area contributed by atoms with Crippen LogP contribution in [0.15, 0.2) is 79.5 Å². The van der Waals surface area contributed by atoms with Crippen LogP contribution in [-0.4, -0.2) is 15.9 Å². The molecule has 4 rings (SSSR count). The summed E-state index contributed by atoms with van der Waals surface area (Å²) in [6, 6.07) is 18.6. The molecule has 0 fully saturated rings. The van der Waals surface area contributed by atoms with E-state index in [4.69, 9.17) is 16.3 Å². The fraction of sp³-hybridized carbons (Fsp3) is 0.125. The summed E-state index contributed by atoms with van der Waals surface area (Å²) in [4.78, 5) is 17.6. The smallest absolute Gasteiger partial charge is 0.282 e. The summed E-state index contributed by atoms with van der Waals surface area (Å²) in [5.41, 5.74) is 2.17. The molecule has 0 radical (unpaired) electrons. The lowest BCUT2D eigenvalue weighted by Crippen LogP contribution is -2.22. The molecule has 0 aliphatic carbocycles. The Hall–Kier alpha value is -2.48. The fourth-order valence-corrected chi connectivity index (χ4v) is 4.21. The van der Waals surface area contributed by atoms with Gasteiger partial charge in [-0.3, -0.25) is 4.79 Å². The largest absolute Gasteiger partial charge is 0.488 e. The van der Waals surface area contributed by atoms with Crippen LogP contribution in [0.4, 0.5) is 0 Å². The van der Waals surface area contributed by atoms with E-state index in [1.165, 1.54) is 4.68 Å². The van der Waals surface area contributed by atoms with Crippen molar-refractivity contribution in [3.8, 4) is 5.75 Å². The maximum atomic E-state index is 13.0. The van der Waals surface area contributed by atoms with Crippen LogP contribution in [-0.2, 0) is 13.0 Å². The van der Waals surface area contributed by atoms with Gasteiger partial charge in [-0.05, 0) is 64.0 Å².